The molecule has 23 heavy (non-hydrogen) atoms. The second-order valence-electron chi connectivity index (χ2n) is 7.34. The van der Waals surface area contributed by atoms with Crippen LogP contribution in [-0.4, -0.2) is 47.7 Å². The van der Waals surface area contributed by atoms with Gasteiger partial charge in [-0.25, -0.2) is 0 Å². The molecule has 2 aliphatic heterocycles. The van der Waals surface area contributed by atoms with E-state index < -0.39 is 5.60 Å². The van der Waals surface area contributed by atoms with Crippen LogP contribution in [0.1, 0.15) is 38.7 Å². The van der Waals surface area contributed by atoms with Gasteiger partial charge in [-0.2, -0.15) is 0 Å². The Kier molecular flexibility index (Phi) is 4.74. The molecule has 4 heteroatoms. The molecule has 2 aliphatic rings. The molecule has 2 atom stereocenters. The van der Waals surface area contributed by atoms with E-state index in [4.69, 9.17) is 0 Å². The number of hydrogen-bond donors (Lipinski definition) is 1. The van der Waals surface area contributed by atoms with Gasteiger partial charge in [0.15, 0.2) is 0 Å². The second kappa shape index (κ2) is 6.62. The molecular weight excluding hydrogens is 288 g/mol. The fourth-order valence-electron chi connectivity index (χ4n) is 3.69. The molecule has 0 spiro atoms. The van der Waals surface area contributed by atoms with E-state index in [1.54, 1.807) is 0 Å². The van der Waals surface area contributed by atoms with Crippen LogP contribution in [0.4, 0.5) is 5.69 Å². The summed E-state index contributed by atoms with van der Waals surface area (Å²) in [6.07, 6.45) is 3.46. The van der Waals surface area contributed by atoms with Gasteiger partial charge in [-0.1, -0.05) is 25.1 Å². The molecular formula is C19H28N2O2. The van der Waals surface area contributed by atoms with Gasteiger partial charge in [0, 0.05) is 38.3 Å². The Hall–Kier alpha value is -1.39. The van der Waals surface area contributed by atoms with Crippen LogP contribution >= 0.6 is 0 Å². The van der Waals surface area contributed by atoms with Gasteiger partial charge < -0.3 is 14.9 Å². The van der Waals surface area contributed by atoms with Gasteiger partial charge in [0.25, 0.3) is 0 Å². The first-order valence-electron chi connectivity index (χ1n) is 8.80. The van der Waals surface area contributed by atoms with Crippen molar-refractivity contribution in [2.45, 2.75) is 45.1 Å². The monoisotopic (exact) mass is 316 g/mol. The third-order valence-electron chi connectivity index (χ3n) is 5.58. The third kappa shape index (κ3) is 3.59. The van der Waals surface area contributed by atoms with Gasteiger partial charge >= 0.3 is 0 Å². The Balaban J connectivity index is 1.57. The molecule has 1 aromatic rings. The SMILES string of the molecule is C[C@H]1CN(CCC(=O)N2CCCc3ccccc32)CC[C@@]1(C)O. The molecule has 126 valence electrons. The van der Waals surface area contributed by atoms with Gasteiger partial charge in [-0.05, 0) is 43.7 Å². The van der Waals surface area contributed by atoms with Crippen LogP contribution in [-0.2, 0) is 11.2 Å². The first kappa shape index (κ1) is 16.5. The lowest BCUT2D eigenvalue weighted by Gasteiger charge is -2.41. The number of piperidine rings is 1. The second-order valence-corrected chi connectivity index (χ2v) is 7.34. The van der Waals surface area contributed by atoms with Gasteiger partial charge in [-0.15, -0.1) is 0 Å². The van der Waals surface area contributed by atoms with Crippen molar-refractivity contribution < 1.29 is 9.90 Å². The molecule has 0 aromatic heterocycles. The molecule has 3 rings (SSSR count). The summed E-state index contributed by atoms with van der Waals surface area (Å²) in [7, 11) is 0. The van der Waals surface area contributed by atoms with Crippen molar-refractivity contribution in [3.8, 4) is 0 Å². The summed E-state index contributed by atoms with van der Waals surface area (Å²) in [5, 5.41) is 10.2. The van der Waals surface area contributed by atoms with E-state index in [0.717, 1.165) is 51.1 Å². The zero-order valence-electron chi connectivity index (χ0n) is 14.3. The van der Waals surface area contributed by atoms with Crippen LogP contribution in [0.15, 0.2) is 24.3 Å². The molecule has 2 heterocycles. The third-order valence-corrected chi connectivity index (χ3v) is 5.58. The van der Waals surface area contributed by atoms with Crippen LogP contribution in [0, 0.1) is 5.92 Å². The summed E-state index contributed by atoms with van der Waals surface area (Å²) in [4.78, 5) is 16.9. The largest absolute Gasteiger partial charge is 0.390 e. The minimum Gasteiger partial charge on any atom is -0.390 e. The van der Waals surface area contributed by atoms with E-state index in [2.05, 4.69) is 24.0 Å². The Morgan fingerprint density at radius 1 is 1.35 bits per heavy atom. The number of para-hydroxylation sites is 1. The molecule has 0 radical (unpaired) electrons. The normalized spacial score (nSPS) is 28.5. The number of aryl methyl sites for hydroxylation is 1. The van der Waals surface area contributed by atoms with Crippen LogP contribution in [0.3, 0.4) is 0 Å². The zero-order chi connectivity index (χ0) is 16.4. The number of anilines is 1. The summed E-state index contributed by atoms with van der Waals surface area (Å²) in [5.74, 6) is 0.476. The van der Waals surface area contributed by atoms with Crippen molar-refractivity contribution in [1.82, 2.24) is 4.90 Å². The highest BCUT2D eigenvalue weighted by atomic mass is 16.3. The predicted octanol–water partition coefficient (Wildman–Crippen LogP) is 2.45. The van der Waals surface area contributed by atoms with E-state index in [1.165, 1.54) is 5.56 Å². The topological polar surface area (TPSA) is 43.8 Å². The number of benzene rings is 1. The summed E-state index contributed by atoms with van der Waals surface area (Å²) >= 11 is 0. The number of fused-ring (bicyclic) bond motifs is 1. The van der Waals surface area contributed by atoms with Gasteiger partial charge in [0.2, 0.25) is 5.91 Å². The standard InChI is InChI=1S/C19H28N2O2/c1-15-14-20(13-10-19(15,2)23)12-9-18(22)21-11-5-7-16-6-3-4-8-17(16)21/h3-4,6,8,15,23H,5,7,9-14H2,1-2H3/t15-,19+/m0/s1. The van der Waals surface area contributed by atoms with Crippen molar-refractivity contribution in [3.63, 3.8) is 0 Å². The number of carbonyl (C=O) groups is 1. The molecule has 0 saturated carbocycles. The average molecular weight is 316 g/mol. The van der Waals surface area contributed by atoms with E-state index in [9.17, 15) is 9.90 Å². The maximum absolute atomic E-state index is 12.7. The minimum atomic E-state index is -0.563. The quantitative estimate of drug-likeness (QED) is 0.931. The molecule has 0 bridgehead atoms. The molecule has 1 N–H and O–H groups in total. The fraction of sp³-hybridized carbons (Fsp3) is 0.632. The molecule has 0 unspecified atom stereocenters. The minimum absolute atomic E-state index is 0.224. The van der Waals surface area contributed by atoms with Gasteiger partial charge in [0.1, 0.15) is 0 Å². The van der Waals surface area contributed by atoms with Crippen LogP contribution < -0.4 is 4.90 Å². The Labute approximate surface area is 139 Å². The van der Waals surface area contributed by atoms with Gasteiger partial charge in [0.05, 0.1) is 5.60 Å². The maximum atomic E-state index is 12.7. The van der Waals surface area contributed by atoms with Crippen molar-refractivity contribution >= 4 is 11.6 Å². The van der Waals surface area contributed by atoms with E-state index in [-0.39, 0.29) is 11.8 Å². The lowest BCUT2D eigenvalue weighted by molar-refractivity contribution is -0.119. The Morgan fingerprint density at radius 3 is 2.91 bits per heavy atom. The number of nitrogens with zero attached hydrogens (tertiary/aromatic N) is 2. The highest BCUT2D eigenvalue weighted by Gasteiger charge is 2.34. The molecule has 1 saturated heterocycles. The highest BCUT2D eigenvalue weighted by Crippen LogP contribution is 2.29. The smallest absolute Gasteiger partial charge is 0.228 e. The van der Waals surface area contributed by atoms with Crippen LogP contribution in [0.5, 0.6) is 0 Å². The lowest BCUT2D eigenvalue weighted by atomic mass is 9.84. The molecule has 1 aromatic carbocycles. The highest BCUT2D eigenvalue weighted by molar-refractivity contribution is 5.94. The molecule has 1 fully saturated rings. The number of aliphatic hydroxyl groups is 1. The predicted molar refractivity (Wildman–Crippen MR) is 92.6 cm³/mol. The number of hydrogen-bond acceptors (Lipinski definition) is 3. The summed E-state index contributed by atoms with van der Waals surface area (Å²) < 4.78 is 0. The Morgan fingerprint density at radius 2 is 2.13 bits per heavy atom. The van der Waals surface area contributed by atoms with E-state index in [1.807, 2.05) is 24.0 Å². The number of carbonyl (C=O) groups excluding carboxylic acids is 1. The summed E-state index contributed by atoms with van der Waals surface area (Å²) in [6.45, 7) is 7.39. The van der Waals surface area contributed by atoms with E-state index in [0.29, 0.717) is 6.42 Å². The fourth-order valence-corrected chi connectivity index (χ4v) is 3.69. The van der Waals surface area contributed by atoms with Crippen LogP contribution in [0.25, 0.3) is 0 Å². The Bertz CT molecular complexity index is 570. The molecule has 4 nitrogen and oxygen atoms in total. The number of rotatable bonds is 3. The summed E-state index contributed by atoms with van der Waals surface area (Å²) in [5.41, 5.74) is 1.82. The van der Waals surface area contributed by atoms with E-state index >= 15 is 0 Å². The number of likely N-dealkylation sites (tertiary alicyclic amines) is 1. The number of amides is 1. The first-order chi connectivity index (χ1) is 11.0. The molecule has 1 amide bonds. The van der Waals surface area contributed by atoms with Crippen molar-refractivity contribution in [3.05, 3.63) is 29.8 Å². The van der Waals surface area contributed by atoms with Crippen molar-refractivity contribution in [2.75, 3.05) is 31.1 Å². The maximum Gasteiger partial charge on any atom is 0.228 e. The van der Waals surface area contributed by atoms with Crippen molar-refractivity contribution in [2.24, 2.45) is 5.92 Å². The van der Waals surface area contributed by atoms with Crippen LogP contribution in [0.2, 0.25) is 0 Å². The first-order valence-corrected chi connectivity index (χ1v) is 8.80. The lowest BCUT2D eigenvalue weighted by Crippen LogP contribution is -2.49. The molecule has 0 aliphatic carbocycles. The van der Waals surface area contributed by atoms with Crippen molar-refractivity contribution in [1.29, 1.82) is 0 Å². The summed E-state index contributed by atoms with van der Waals surface area (Å²) in [6, 6.07) is 8.25. The average Bonchev–Trinajstić information content (AvgIpc) is 2.55. The van der Waals surface area contributed by atoms with Gasteiger partial charge in [-0.3, -0.25) is 4.79 Å². The zero-order valence-corrected chi connectivity index (χ0v) is 14.3.